The van der Waals surface area contributed by atoms with Crippen LogP contribution in [0.5, 0.6) is 0 Å². The normalized spacial score (nSPS) is 17.5. The van der Waals surface area contributed by atoms with E-state index in [9.17, 15) is 0 Å². The maximum Gasteiger partial charge on any atom is 0.203 e. The number of hydrogen-bond donors (Lipinski definition) is 1. The van der Waals surface area contributed by atoms with Gasteiger partial charge in [0.15, 0.2) is 0 Å². The minimum Gasteiger partial charge on any atom is -0.449 e. The number of nitrogens with zero attached hydrogens (tertiary/aromatic N) is 1. The average molecular weight is 204 g/mol. The summed E-state index contributed by atoms with van der Waals surface area (Å²) in [6, 6.07) is 6.21. The standard InChI is InChI=1S/C12H16N2O/c13-8-11-6-7-12(15-11)9-14-10-4-2-1-3-5-10/h6-7,10,14H,1-5,9H2. The van der Waals surface area contributed by atoms with E-state index in [1.807, 2.05) is 12.1 Å². The van der Waals surface area contributed by atoms with Gasteiger partial charge in [-0.2, -0.15) is 5.26 Å². The molecule has 3 nitrogen and oxygen atoms in total. The fourth-order valence-electron chi connectivity index (χ4n) is 2.08. The molecule has 1 aliphatic carbocycles. The first-order valence-corrected chi connectivity index (χ1v) is 5.60. The molecule has 0 spiro atoms. The molecule has 1 heterocycles. The molecule has 1 saturated carbocycles. The van der Waals surface area contributed by atoms with Crippen molar-refractivity contribution in [3.8, 4) is 6.07 Å². The van der Waals surface area contributed by atoms with Crippen molar-refractivity contribution in [3.63, 3.8) is 0 Å². The van der Waals surface area contributed by atoms with E-state index in [2.05, 4.69) is 5.32 Å². The van der Waals surface area contributed by atoms with Gasteiger partial charge in [-0.05, 0) is 25.0 Å². The Balaban J connectivity index is 1.79. The summed E-state index contributed by atoms with van der Waals surface area (Å²) >= 11 is 0. The van der Waals surface area contributed by atoms with Crippen molar-refractivity contribution in [2.45, 2.75) is 44.7 Å². The zero-order chi connectivity index (χ0) is 10.5. The Morgan fingerprint density at radius 2 is 2.13 bits per heavy atom. The van der Waals surface area contributed by atoms with E-state index < -0.39 is 0 Å². The van der Waals surface area contributed by atoms with Gasteiger partial charge in [-0.3, -0.25) is 0 Å². The minimum atomic E-state index is 0.399. The molecule has 0 saturated heterocycles. The van der Waals surface area contributed by atoms with Crippen LogP contribution in [0.15, 0.2) is 16.5 Å². The van der Waals surface area contributed by atoms with Crippen LogP contribution in [0, 0.1) is 11.3 Å². The van der Waals surface area contributed by atoms with Crippen LogP contribution in [-0.2, 0) is 6.54 Å². The molecule has 0 bridgehead atoms. The highest BCUT2D eigenvalue weighted by Gasteiger charge is 2.12. The monoisotopic (exact) mass is 204 g/mol. The van der Waals surface area contributed by atoms with Gasteiger partial charge in [0.05, 0.1) is 6.54 Å². The second kappa shape index (κ2) is 4.99. The molecule has 0 amide bonds. The fourth-order valence-corrected chi connectivity index (χ4v) is 2.08. The Labute approximate surface area is 90.1 Å². The third kappa shape index (κ3) is 2.84. The molecule has 0 aromatic carbocycles. The largest absolute Gasteiger partial charge is 0.449 e. The smallest absolute Gasteiger partial charge is 0.203 e. The highest BCUT2D eigenvalue weighted by atomic mass is 16.3. The van der Waals surface area contributed by atoms with Crippen LogP contribution in [0.1, 0.15) is 43.6 Å². The molecule has 1 N–H and O–H groups in total. The molecule has 1 aromatic rings. The summed E-state index contributed by atoms with van der Waals surface area (Å²) in [6.07, 6.45) is 6.58. The summed E-state index contributed by atoms with van der Waals surface area (Å²) in [5.41, 5.74) is 0. The molecular weight excluding hydrogens is 188 g/mol. The van der Waals surface area contributed by atoms with Crippen LogP contribution in [-0.4, -0.2) is 6.04 Å². The molecule has 3 heteroatoms. The summed E-state index contributed by atoms with van der Waals surface area (Å²) in [5, 5.41) is 12.1. The number of furan rings is 1. The molecular formula is C12H16N2O. The number of hydrogen-bond acceptors (Lipinski definition) is 3. The van der Waals surface area contributed by atoms with E-state index in [0.29, 0.717) is 11.8 Å². The Bertz CT molecular complexity index is 345. The van der Waals surface area contributed by atoms with Crippen LogP contribution in [0.4, 0.5) is 0 Å². The van der Waals surface area contributed by atoms with Gasteiger partial charge in [0.25, 0.3) is 0 Å². The summed E-state index contributed by atoms with van der Waals surface area (Å²) in [4.78, 5) is 0. The van der Waals surface area contributed by atoms with Crippen molar-refractivity contribution in [1.29, 1.82) is 5.26 Å². The van der Waals surface area contributed by atoms with E-state index >= 15 is 0 Å². The summed E-state index contributed by atoms with van der Waals surface area (Å²) in [5.74, 6) is 1.26. The van der Waals surface area contributed by atoms with Gasteiger partial charge in [-0.15, -0.1) is 0 Å². The van der Waals surface area contributed by atoms with Crippen LogP contribution >= 0.6 is 0 Å². The van der Waals surface area contributed by atoms with Crippen molar-refractivity contribution in [1.82, 2.24) is 5.32 Å². The third-order valence-corrected chi connectivity index (χ3v) is 2.94. The number of nitriles is 1. The van der Waals surface area contributed by atoms with E-state index in [0.717, 1.165) is 12.3 Å². The molecule has 2 rings (SSSR count). The lowest BCUT2D eigenvalue weighted by molar-refractivity contribution is 0.355. The van der Waals surface area contributed by atoms with Gasteiger partial charge in [0.2, 0.25) is 5.76 Å². The molecule has 1 aromatic heterocycles. The fraction of sp³-hybridized carbons (Fsp3) is 0.583. The minimum absolute atomic E-state index is 0.399. The van der Waals surface area contributed by atoms with Gasteiger partial charge >= 0.3 is 0 Å². The lowest BCUT2D eigenvalue weighted by Gasteiger charge is -2.22. The van der Waals surface area contributed by atoms with Crippen molar-refractivity contribution in [3.05, 3.63) is 23.7 Å². The van der Waals surface area contributed by atoms with Gasteiger partial charge in [-0.25, -0.2) is 0 Å². The maximum atomic E-state index is 8.60. The highest BCUT2D eigenvalue weighted by Crippen LogP contribution is 2.18. The first kappa shape index (κ1) is 10.3. The van der Waals surface area contributed by atoms with Gasteiger partial charge < -0.3 is 9.73 Å². The predicted octanol–water partition coefficient (Wildman–Crippen LogP) is 2.57. The number of rotatable bonds is 3. The second-order valence-corrected chi connectivity index (χ2v) is 4.09. The molecule has 1 aliphatic rings. The lowest BCUT2D eigenvalue weighted by Crippen LogP contribution is -2.30. The first-order chi connectivity index (χ1) is 7.38. The SMILES string of the molecule is N#Cc1ccc(CNC2CCCCC2)o1. The maximum absolute atomic E-state index is 8.60. The highest BCUT2D eigenvalue weighted by molar-refractivity contribution is 5.18. The topological polar surface area (TPSA) is 49.0 Å². The van der Waals surface area contributed by atoms with Gasteiger partial charge in [0.1, 0.15) is 11.8 Å². The van der Waals surface area contributed by atoms with Gasteiger partial charge in [0, 0.05) is 6.04 Å². The molecule has 0 atom stereocenters. The quantitative estimate of drug-likeness (QED) is 0.823. The lowest BCUT2D eigenvalue weighted by atomic mass is 9.95. The van der Waals surface area contributed by atoms with Crippen molar-refractivity contribution in [2.75, 3.05) is 0 Å². The number of nitrogens with one attached hydrogen (secondary N) is 1. The van der Waals surface area contributed by atoms with Gasteiger partial charge in [-0.1, -0.05) is 19.3 Å². The summed E-state index contributed by atoms with van der Waals surface area (Å²) in [7, 11) is 0. The van der Waals surface area contributed by atoms with Crippen LogP contribution < -0.4 is 5.32 Å². The summed E-state index contributed by atoms with van der Waals surface area (Å²) < 4.78 is 5.30. The van der Waals surface area contributed by atoms with E-state index in [1.165, 1.54) is 32.1 Å². The van der Waals surface area contributed by atoms with Crippen LogP contribution in [0.2, 0.25) is 0 Å². The van der Waals surface area contributed by atoms with Crippen LogP contribution in [0.3, 0.4) is 0 Å². The third-order valence-electron chi connectivity index (χ3n) is 2.94. The van der Waals surface area contributed by atoms with E-state index in [-0.39, 0.29) is 0 Å². The molecule has 0 radical (unpaired) electrons. The zero-order valence-electron chi connectivity index (χ0n) is 8.83. The molecule has 80 valence electrons. The first-order valence-electron chi connectivity index (χ1n) is 5.60. The molecule has 15 heavy (non-hydrogen) atoms. The van der Waals surface area contributed by atoms with Crippen molar-refractivity contribution < 1.29 is 4.42 Å². The van der Waals surface area contributed by atoms with E-state index in [1.54, 1.807) is 6.07 Å². The molecule has 0 aliphatic heterocycles. The summed E-state index contributed by atoms with van der Waals surface area (Å²) in [6.45, 7) is 0.742. The predicted molar refractivity (Wildman–Crippen MR) is 57.1 cm³/mol. The Kier molecular flexibility index (Phi) is 3.41. The van der Waals surface area contributed by atoms with E-state index in [4.69, 9.17) is 9.68 Å². The zero-order valence-corrected chi connectivity index (χ0v) is 8.83. The average Bonchev–Trinajstić information content (AvgIpc) is 2.76. The van der Waals surface area contributed by atoms with Crippen LogP contribution in [0.25, 0.3) is 0 Å². The second-order valence-electron chi connectivity index (χ2n) is 4.09. The Morgan fingerprint density at radius 1 is 1.33 bits per heavy atom. The van der Waals surface area contributed by atoms with Crippen molar-refractivity contribution in [2.24, 2.45) is 0 Å². The Morgan fingerprint density at radius 3 is 2.80 bits per heavy atom. The van der Waals surface area contributed by atoms with Crippen molar-refractivity contribution >= 4 is 0 Å². The molecule has 0 unspecified atom stereocenters. The molecule has 1 fully saturated rings. The Hall–Kier alpha value is -1.27.